The van der Waals surface area contributed by atoms with Crippen LogP contribution in [0.25, 0.3) is 0 Å². The Hall–Kier alpha value is -2.73. The quantitative estimate of drug-likeness (QED) is 0.429. The van der Waals surface area contributed by atoms with Crippen LogP contribution in [0.5, 0.6) is 5.75 Å². The summed E-state index contributed by atoms with van der Waals surface area (Å²) in [5, 5.41) is 2.88. The van der Waals surface area contributed by atoms with Crippen molar-refractivity contribution < 1.29 is 19.1 Å². The van der Waals surface area contributed by atoms with Gasteiger partial charge in [-0.1, -0.05) is 12.1 Å². The summed E-state index contributed by atoms with van der Waals surface area (Å²) in [5.74, 6) is 0.816. The normalized spacial score (nSPS) is 10.5. The summed E-state index contributed by atoms with van der Waals surface area (Å²) >= 11 is 1.56. The standard InChI is InChI=1S/C20H21NO4S/c1-3-25-19(22)8-5-13-26-18-7-4-6-16(14-18)21-20(23)15-9-11-17(24-2)12-10-15/h4-12,14H,3,13H2,1-2H3,(H,21,23)/b8-5+. The maximum absolute atomic E-state index is 12.3. The van der Waals surface area contributed by atoms with E-state index in [4.69, 9.17) is 9.47 Å². The van der Waals surface area contributed by atoms with Crippen LogP contribution in [0.15, 0.2) is 65.6 Å². The van der Waals surface area contributed by atoms with Crippen molar-refractivity contribution in [1.82, 2.24) is 0 Å². The molecule has 0 saturated carbocycles. The van der Waals surface area contributed by atoms with E-state index in [1.807, 2.05) is 24.3 Å². The predicted molar refractivity (Wildman–Crippen MR) is 104 cm³/mol. The number of anilines is 1. The van der Waals surface area contributed by atoms with Gasteiger partial charge in [0.05, 0.1) is 13.7 Å². The fraction of sp³-hybridized carbons (Fsp3) is 0.200. The van der Waals surface area contributed by atoms with E-state index < -0.39 is 0 Å². The first-order chi connectivity index (χ1) is 12.6. The van der Waals surface area contributed by atoms with E-state index in [2.05, 4.69) is 5.32 Å². The number of amides is 1. The summed E-state index contributed by atoms with van der Waals surface area (Å²) in [6.07, 6.45) is 3.18. The smallest absolute Gasteiger partial charge is 0.330 e. The fourth-order valence-electron chi connectivity index (χ4n) is 2.09. The molecule has 2 rings (SSSR count). The minimum absolute atomic E-state index is 0.183. The summed E-state index contributed by atoms with van der Waals surface area (Å²) in [6.45, 7) is 2.14. The highest BCUT2D eigenvalue weighted by atomic mass is 32.2. The van der Waals surface area contributed by atoms with Crippen molar-refractivity contribution >= 4 is 29.3 Å². The van der Waals surface area contributed by atoms with Gasteiger partial charge in [-0.2, -0.15) is 0 Å². The maximum atomic E-state index is 12.3. The van der Waals surface area contributed by atoms with Crippen LogP contribution < -0.4 is 10.1 Å². The number of carbonyl (C=O) groups excluding carboxylic acids is 2. The van der Waals surface area contributed by atoms with Gasteiger partial charge in [0, 0.05) is 28.0 Å². The Morgan fingerprint density at radius 1 is 1.15 bits per heavy atom. The minimum atomic E-state index is -0.339. The Morgan fingerprint density at radius 2 is 1.92 bits per heavy atom. The van der Waals surface area contributed by atoms with Crippen LogP contribution in [0, 0.1) is 0 Å². The molecule has 0 aliphatic rings. The monoisotopic (exact) mass is 371 g/mol. The van der Waals surface area contributed by atoms with Crippen LogP contribution in [0.2, 0.25) is 0 Å². The molecule has 1 N–H and O–H groups in total. The van der Waals surface area contributed by atoms with Crippen molar-refractivity contribution in [3.8, 4) is 5.75 Å². The molecule has 0 fully saturated rings. The van der Waals surface area contributed by atoms with Crippen LogP contribution in [0.3, 0.4) is 0 Å². The molecular weight excluding hydrogens is 350 g/mol. The average Bonchev–Trinajstić information content (AvgIpc) is 2.66. The fourth-order valence-corrected chi connectivity index (χ4v) is 2.86. The van der Waals surface area contributed by atoms with E-state index in [9.17, 15) is 9.59 Å². The summed E-state index contributed by atoms with van der Waals surface area (Å²) in [7, 11) is 1.58. The third-order valence-corrected chi connectivity index (χ3v) is 4.28. The Morgan fingerprint density at radius 3 is 2.62 bits per heavy atom. The van der Waals surface area contributed by atoms with Gasteiger partial charge < -0.3 is 14.8 Å². The first-order valence-electron chi connectivity index (χ1n) is 8.14. The van der Waals surface area contributed by atoms with Crippen LogP contribution in [0.4, 0.5) is 5.69 Å². The molecule has 26 heavy (non-hydrogen) atoms. The van der Waals surface area contributed by atoms with Crippen LogP contribution >= 0.6 is 11.8 Å². The molecule has 136 valence electrons. The van der Waals surface area contributed by atoms with Crippen LogP contribution in [0.1, 0.15) is 17.3 Å². The number of nitrogens with one attached hydrogen (secondary N) is 1. The topological polar surface area (TPSA) is 64.6 Å². The molecule has 1 amide bonds. The molecule has 5 nitrogen and oxygen atoms in total. The molecule has 6 heteroatoms. The number of esters is 1. The largest absolute Gasteiger partial charge is 0.497 e. The van der Waals surface area contributed by atoms with Crippen molar-refractivity contribution in [3.63, 3.8) is 0 Å². The maximum Gasteiger partial charge on any atom is 0.330 e. The molecule has 0 atom stereocenters. The van der Waals surface area contributed by atoms with E-state index in [-0.39, 0.29) is 11.9 Å². The molecule has 0 aliphatic heterocycles. The molecule has 0 bridgehead atoms. The van der Waals surface area contributed by atoms with Gasteiger partial charge in [0.15, 0.2) is 0 Å². The second kappa shape index (κ2) is 10.3. The van der Waals surface area contributed by atoms with Crippen molar-refractivity contribution in [2.75, 3.05) is 24.8 Å². The van der Waals surface area contributed by atoms with Gasteiger partial charge >= 0.3 is 5.97 Å². The third-order valence-electron chi connectivity index (χ3n) is 3.33. The SMILES string of the molecule is CCOC(=O)/C=C/CSc1cccc(NC(=O)c2ccc(OC)cc2)c1. The minimum Gasteiger partial charge on any atom is -0.497 e. The number of thioether (sulfide) groups is 1. The zero-order valence-electron chi connectivity index (χ0n) is 14.7. The second-order valence-electron chi connectivity index (χ2n) is 5.18. The molecule has 0 aromatic heterocycles. The molecule has 0 spiro atoms. The zero-order valence-corrected chi connectivity index (χ0v) is 15.5. The third kappa shape index (κ3) is 6.29. The molecule has 0 unspecified atom stereocenters. The highest BCUT2D eigenvalue weighted by Gasteiger charge is 2.06. The number of hydrogen-bond acceptors (Lipinski definition) is 5. The first kappa shape index (κ1) is 19.6. The van der Waals surface area contributed by atoms with Gasteiger partial charge in [-0.15, -0.1) is 11.8 Å². The molecule has 2 aromatic rings. The lowest BCUT2D eigenvalue weighted by Crippen LogP contribution is -2.11. The number of ether oxygens (including phenoxy) is 2. The highest BCUT2D eigenvalue weighted by molar-refractivity contribution is 7.99. The van der Waals surface area contributed by atoms with E-state index in [0.717, 1.165) is 4.90 Å². The van der Waals surface area contributed by atoms with Crippen molar-refractivity contribution in [2.45, 2.75) is 11.8 Å². The lowest BCUT2D eigenvalue weighted by molar-refractivity contribution is -0.137. The van der Waals surface area contributed by atoms with Gasteiger partial charge in [-0.3, -0.25) is 4.79 Å². The summed E-state index contributed by atoms with van der Waals surface area (Å²) < 4.78 is 9.91. The Labute approximate surface area is 157 Å². The molecule has 0 heterocycles. The average molecular weight is 371 g/mol. The van der Waals surface area contributed by atoms with Crippen LogP contribution in [-0.2, 0) is 9.53 Å². The first-order valence-corrected chi connectivity index (χ1v) is 9.12. The van der Waals surface area contributed by atoms with E-state index in [1.54, 1.807) is 56.1 Å². The number of benzene rings is 2. The summed E-state index contributed by atoms with van der Waals surface area (Å²) in [5.41, 5.74) is 1.27. The number of carbonyl (C=O) groups is 2. The lowest BCUT2D eigenvalue weighted by Gasteiger charge is -2.07. The van der Waals surface area contributed by atoms with E-state index in [1.165, 1.54) is 6.08 Å². The van der Waals surface area contributed by atoms with Gasteiger partial charge in [-0.25, -0.2) is 4.79 Å². The Kier molecular flexibility index (Phi) is 7.76. The van der Waals surface area contributed by atoms with Crippen LogP contribution in [-0.4, -0.2) is 31.3 Å². The molecule has 2 aromatic carbocycles. The van der Waals surface area contributed by atoms with Gasteiger partial charge in [0.25, 0.3) is 5.91 Å². The number of hydrogen-bond donors (Lipinski definition) is 1. The molecule has 0 saturated heterocycles. The Bertz CT molecular complexity index is 772. The highest BCUT2D eigenvalue weighted by Crippen LogP contribution is 2.22. The van der Waals surface area contributed by atoms with Crippen molar-refractivity contribution in [1.29, 1.82) is 0 Å². The van der Waals surface area contributed by atoms with E-state index in [0.29, 0.717) is 29.4 Å². The van der Waals surface area contributed by atoms with Gasteiger partial charge in [0.2, 0.25) is 0 Å². The van der Waals surface area contributed by atoms with Gasteiger partial charge in [0.1, 0.15) is 5.75 Å². The number of rotatable bonds is 8. The second-order valence-corrected chi connectivity index (χ2v) is 6.27. The zero-order chi connectivity index (χ0) is 18.8. The lowest BCUT2D eigenvalue weighted by atomic mass is 10.2. The van der Waals surface area contributed by atoms with Gasteiger partial charge in [-0.05, 0) is 49.4 Å². The molecule has 0 aliphatic carbocycles. The molecular formula is C20H21NO4S. The summed E-state index contributed by atoms with van der Waals surface area (Å²) in [6, 6.07) is 14.5. The van der Waals surface area contributed by atoms with E-state index >= 15 is 0 Å². The summed E-state index contributed by atoms with van der Waals surface area (Å²) in [4.78, 5) is 24.5. The van der Waals surface area contributed by atoms with Crippen molar-refractivity contribution in [3.05, 3.63) is 66.2 Å². The Balaban J connectivity index is 1.91. The predicted octanol–water partition coefficient (Wildman–Crippen LogP) is 4.16. The van der Waals surface area contributed by atoms with Crippen molar-refractivity contribution in [2.24, 2.45) is 0 Å². The number of methoxy groups -OCH3 is 1. The molecule has 0 radical (unpaired) electrons.